The Balaban J connectivity index is 1.91. The number of imidazole rings is 1. The molecule has 0 radical (unpaired) electrons. The predicted molar refractivity (Wildman–Crippen MR) is 81.7 cm³/mol. The number of halogens is 1. The lowest BCUT2D eigenvalue weighted by Crippen LogP contribution is -2.41. The molecule has 1 saturated carbocycles. The van der Waals surface area contributed by atoms with Gasteiger partial charge in [-0.3, -0.25) is 0 Å². The highest BCUT2D eigenvalue weighted by molar-refractivity contribution is 5.77. The summed E-state index contributed by atoms with van der Waals surface area (Å²) in [5.41, 5.74) is 1.64. The van der Waals surface area contributed by atoms with E-state index in [0.717, 1.165) is 17.9 Å². The maximum absolute atomic E-state index is 14.1. The standard InChI is InChI=1S/C17H22FN3/c1-17(2)9-4-10-19-15(17)16-20-14-12(18)5-3-6-13(14)21(16)11-7-8-11/h3,5-6,11,15,19H,4,7-10H2,1-2H3. The van der Waals surface area contributed by atoms with Crippen LogP contribution in [0.15, 0.2) is 18.2 Å². The molecule has 1 aliphatic heterocycles. The zero-order chi connectivity index (χ0) is 14.6. The topological polar surface area (TPSA) is 29.9 Å². The molecule has 1 atom stereocenters. The molecule has 0 amide bonds. The molecule has 1 N–H and O–H groups in total. The van der Waals surface area contributed by atoms with Crippen molar-refractivity contribution in [3.63, 3.8) is 0 Å². The van der Waals surface area contributed by atoms with Crippen LogP contribution < -0.4 is 5.32 Å². The van der Waals surface area contributed by atoms with Crippen LogP contribution in [-0.4, -0.2) is 16.1 Å². The second-order valence-corrected chi connectivity index (χ2v) is 7.16. The van der Waals surface area contributed by atoms with Gasteiger partial charge in [0.2, 0.25) is 0 Å². The molecule has 0 bridgehead atoms. The van der Waals surface area contributed by atoms with E-state index in [0.29, 0.717) is 11.6 Å². The van der Waals surface area contributed by atoms with Crippen molar-refractivity contribution in [1.29, 1.82) is 0 Å². The SMILES string of the molecule is CC1(C)CCCNC1c1nc2c(F)cccc2n1C1CC1. The van der Waals surface area contributed by atoms with Crippen molar-refractivity contribution in [1.82, 2.24) is 14.9 Å². The molecule has 4 heteroatoms. The first-order chi connectivity index (χ1) is 10.1. The van der Waals surface area contributed by atoms with E-state index in [1.165, 1.54) is 31.7 Å². The first kappa shape index (κ1) is 13.3. The number of hydrogen-bond donors (Lipinski definition) is 1. The highest BCUT2D eigenvalue weighted by atomic mass is 19.1. The van der Waals surface area contributed by atoms with Crippen molar-refractivity contribution in [2.45, 2.75) is 51.6 Å². The van der Waals surface area contributed by atoms with Gasteiger partial charge in [-0.1, -0.05) is 19.9 Å². The molecule has 1 unspecified atom stereocenters. The smallest absolute Gasteiger partial charge is 0.151 e. The summed E-state index contributed by atoms with van der Waals surface area (Å²) in [5, 5.41) is 3.62. The second-order valence-electron chi connectivity index (χ2n) is 7.16. The van der Waals surface area contributed by atoms with Gasteiger partial charge in [0.05, 0.1) is 11.6 Å². The molecular formula is C17H22FN3. The number of aromatic nitrogens is 2. The Bertz CT molecular complexity index is 685. The van der Waals surface area contributed by atoms with Gasteiger partial charge in [-0.05, 0) is 49.8 Å². The largest absolute Gasteiger partial charge is 0.323 e. The summed E-state index contributed by atoms with van der Waals surface area (Å²) in [6.45, 7) is 5.60. The van der Waals surface area contributed by atoms with Crippen LogP contribution in [0.2, 0.25) is 0 Å². The normalized spacial score (nSPS) is 25.4. The Morgan fingerprint density at radius 1 is 1.33 bits per heavy atom. The highest BCUT2D eigenvalue weighted by Crippen LogP contribution is 2.45. The van der Waals surface area contributed by atoms with E-state index < -0.39 is 0 Å². The van der Waals surface area contributed by atoms with Crippen LogP contribution in [0.5, 0.6) is 0 Å². The van der Waals surface area contributed by atoms with Gasteiger partial charge in [0, 0.05) is 6.04 Å². The monoisotopic (exact) mass is 287 g/mol. The summed E-state index contributed by atoms with van der Waals surface area (Å²) >= 11 is 0. The Labute approximate surface area is 124 Å². The summed E-state index contributed by atoms with van der Waals surface area (Å²) < 4.78 is 16.4. The van der Waals surface area contributed by atoms with Crippen LogP contribution >= 0.6 is 0 Å². The molecule has 4 rings (SSSR count). The van der Waals surface area contributed by atoms with Gasteiger partial charge in [-0.25, -0.2) is 9.37 Å². The van der Waals surface area contributed by atoms with Crippen molar-refractivity contribution in [3.8, 4) is 0 Å². The molecule has 1 aromatic carbocycles. The Hall–Kier alpha value is -1.42. The number of para-hydroxylation sites is 1. The number of fused-ring (bicyclic) bond motifs is 1. The lowest BCUT2D eigenvalue weighted by molar-refractivity contribution is 0.171. The quantitative estimate of drug-likeness (QED) is 0.906. The van der Waals surface area contributed by atoms with Gasteiger partial charge >= 0.3 is 0 Å². The second kappa shape index (κ2) is 4.54. The van der Waals surface area contributed by atoms with Gasteiger partial charge in [0.25, 0.3) is 0 Å². The number of nitrogens with one attached hydrogen (secondary N) is 1. The number of benzene rings is 1. The maximum atomic E-state index is 14.1. The zero-order valence-electron chi connectivity index (χ0n) is 12.7. The van der Waals surface area contributed by atoms with E-state index in [-0.39, 0.29) is 17.3 Å². The molecule has 2 heterocycles. The Kier molecular flexibility index (Phi) is 2.86. The van der Waals surface area contributed by atoms with Gasteiger partial charge in [0.1, 0.15) is 11.3 Å². The van der Waals surface area contributed by atoms with Crippen molar-refractivity contribution in [2.75, 3.05) is 6.54 Å². The fourth-order valence-electron chi connectivity index (χ4n) is 3.67. The van der Waals surface area contributed by atoms with Crippen molar-refractivity contribution in [3.05, 3.63) is 29.8 Å². The van der Waals surface area contributed by atoms with Gasteiger partial charge in [0.15, 0.2) is 5.82 Å². The summed E-state index contributed by atoms with van der Waals surface area (Å²) in [4.78, 5) is 4.72. The number of rotatable bonds is 2. The molecule has 2 fully saturated rings. The minimum absolute atomic E-state index is 0.155. The van der Waals surface area contributed by atoms with E-state index in [2.05, 4.69) is 23.7 Å². The minimum Gasteiger partial charge on any atom is -0.323 e. The average molecular weight is 287 g/mol. The molecular weight excluding hydrogens is 265 g/mol. The third kappa shape index (κ3) is 2.08. The molecule has 1 aromatic heterocycles. The van der Waals surface area contributed by atoms with Crippen LogP contribution in [0, 0.1) is 11.2 Å². The van der Waals surface area contributed by atoms with Crippen LogP contribution in [0.3, 0.4) is 0 Å². The molecule has 1 aliphatic carbocycles. The van der Waals surface area contributed by atoms with E-state index >= 15 is 0 Å². The molecule has 3 nitrogen and oxygen atoms in total. The zero-order valence-corrected chi connectivity index (χ0v) is 12.7. The fourth-order valence-corrected chi connectivity index (χ4v) is 3.67. The van der Waals surface area contributed by atoms with Crippen molar-refractivity contribution < 1.29 is 4.39 Å². The number of hydrogen-bond acceptors (Lipinski definition) is 2. The van der Waals surface area contributed by atoms with Gasteiger partial charge in [-0.15, -0.1) is 0 Å². The summed E-state index contributed by atoms with van der Waals surface area (Å²) in [6, 6.07) is 6.02. The van der Waals surface area contributed by atoms with Crippen LogP contribution in [0.25, 0.3) is 11.0 Å². The Morgan fingerprint density at radius 2 is 2.14 bits per heavy atom. The van der Waals surface area contributed by atoms with E-state index in [1.807, 2.05) is 6.07 Å². The summed E-state index contributed by atoms with van der Waals surface area (Å²) in [6.07, 6.45) is 4.74. The molecule has 112 valence electrons. The van der Waals surface area contributed by atoms with Gasteiger partial charge in [-0.2, -0.15) is 0 Å². The molecule has 0 spiro atoms. The minimum atomic E-state index is -0.207. The molecule has 2 aliphatic rings. The predicted octanol–water partition coefficient (Wildman–Crippen LogP) is 3.96. The van der Waals surface area contributed by atoms with Crippen LogP contribution in [0.4, 0.5) is 4.39 Å². The first-order valence-electron chi connectivity index (χ1n) is 7.98. The number of nitrogens with zero attached hydrogens (tertiary/aromatic N) is 2. The third-order valence-corrected chi connectivity index (χ3v) is 5.00. The van der Waals surface area contributed by atoms with Crippen LogP contribution in [0.1, 0.15) is 57.4 Å². The summed E-state index contributed by atoms with van der Waals surface area (Å²) in [5.74, 6) is 0.823. The highest BCUT2D eigenvalue weighted by Gasteiger charge is 2.39. The van der Waals surface area contributed by atoms with E-state index in [9.17, 15) is 4.39 Å². The maximum Gasteiger partial charge on any atom is 0.151 e. The third-order valence-electron chi connectivity index (χ3n) is 5.00. The molecule has 1 saturated heterocycles. The lowest BCUT2D eigenvalue weighted by Gasteiger charge is -2.39. The van der Waals surface area contributed by atoms with E-state index in [1.54, 1.807) is 6.07 Å². The van der Waals surface area contributed by atoms with Crippen molar-refractivity contribution >= 4 is 11.0 Å². The van der Waals surface area contributed by atoms with Crippen LogP contribution in [-0.2, 0) is 0 Å². The molecule has 21 heavy (non-hydrogen) atoms. The average Bonchev–Trinajstić information content (AvgIpc) is 3.20. The van der Waals surface area contributed by atoms with Gasteiger partial charge < -0.3 is 9.88 Å². The first-order valence-corrected chi connectivity index (χ1v) is 7.98. The number of piperidine rings is 1. The lowest BCUT2D eigenvalue weighted by atomic mass is 9.77. The van der Waals surface area contributed by atoms with Crippen molar-refractivity contribution in [2.24, 2.45) is 5.41 Å². The summed E-state index contributed by atoms with van der Waals surface area (Å²) in [7, 11) is 0. The Morgan fingerprint density at radius 3 is 2.86 bits per heavy atom. The van der Waals surface area contributed by atoms with E-state index in [4.69, 9.17) is 4.98 Å². The fraction of sp³-hybridized carbons (Fsp3) is 0.588. The molecule has 2 aromatic rings.